The van der Waals surface area contributed by atoms with Gasteiger partial charge < -0.3 is 15.2 Å². The molecule has 132 valence electrons. The molecule has 0 saturated carbocycles. The first-order valence-corrected chi connectivity index (χ1v) is 7.91. The number of amides is 2. The van der Waals surface area contributed by atoms with Crippen molar-refractivity contribution in [1.29, 1.82) is 0 Å². The molecule has 6 nitrogen and oxygen atoms in total. The third kappa shape index (κ3) is 4.07. The van der Waals surface area contributed by atoms with Crippen LogP contribution < -0.4 is 10.6 Å². The average Bonchev–Trinajstić information content (AvgIpc) is 3.03. The van der Waals surface area contributed by atoms with Gasteiger partial charge >= 0.3 is 0 Å². The molecule has 0 aliphatic carbocycles. The van der Waals surface area contributed by atoms with E-state index in [2.05, 4.69) is 15.8 Å². The van der Waals surface area contributed by atoms with Gasteiger partial charge in [-0.05, 0) is 43.3 Å². The molecule has 3 aromatic rings. The highest BCUT2D eigenvalue weighted by Gasteiger charge is 2.13. The summed E-state index contributed by atoms with van der Waals surface area (Å²) < 4.78 is 18.1. The first-order chi connectivity index (χ1) is 12.4. The van der Waals surface area contributed by atoms with Crippen molar-refractivity contribution in [1.82, 2.24) is 5.16 Å². The molecule has 0 aliphatic rings. The number of halogens is 2. The van der Waals surface area contributed by atoms with Crippen LogP contribution in [0.5, 0.6) is 0 Å². The van der Waals surface area contributed by atoms with Gasteiger partial charge in [-0.15, -0.1) is 0 Å². The Morgan fingerprint density at radius 3 is 2.35 bits per heavy atom. The Kier molecular flexibility index (Phi) is 4.99. The second kappa shape index (κ2) is 7.37. The molecule has 8 heteroatoms. The highest BCUT2D eigenvalue weighted by molar-refractivity contribution is 6.31. The van der Waals surface area contributed by atoms with Gasteiger partial charge in [0.1, 0.15) is 11.6 Å². The number of aryl methyl sites for hydroxylation is 1. The van der Waals surface area contributed by atoms with E-state index in [1.54, 1.807) is 31.2 Å². The van der Waals surface area contributed by atoms with Crippen molar-refractivity contribution in [2.24, 2.45) is 0 Å². The summed E-state index contributed by atoms with van der Waals surface area (Å²) in [6.45, 7) is 1.70. The fourth-order valence-electron chi connectivity index (χ4n) is 2.19. The van der Waals surface area contributed by atoms with Gasteiger partial charge in [0.2, 0.25) is 0 Å². The molecule has 26 heavy (non-hydrogen) atoms. The summed E-state index contributed by atoms with van der Waals surface area (Å²) in [6.07, 6.45) is 0. The van der Waals surface area contributed by atoms with Gasteiger partial charge in [0, 0.05) is 22.9 Å². The molecule has 1 aromatic heterocycles. The maximum atomic E-state index is 13.2. The molecule has 2 amide bonds. The van der Waals surface area contributed by atoms with Gasteiger partial charge in [0.15, 0.2) is 5.82 Å². The minimum Gasteiger partial charge on any atom is -0.360 e. The van der Waals surface area contributed by atoms with E-state index in [0.29, 0.717) is 11.4 Å². The van der Waals surface area contributed by atoms with E-state index in [4.69, 9.17) is 16.1 Å². The van der Waals surface area contributed by atoms with Crippen LogP contribution in [0, 0.1) is 12.7 Å². The largest absolute Gasteiger partial charge is 0.360 e. The van der Waals surface area contributed by atoms with Crippen LogP contribution in [0.3, 0.4) is 0 Å². The molecule has 0 spiro atoms. The van der Waals surface area contributed by atoms with E-state index in [-0.39, 0.29) is 22.0 Å². The third-order valence-electron chi connectivity index (χ3n) is 3.43. The number of hydrogen-bond donors (Lipinski definition) is 2. The van der Waals surface area contributed by atoms with Crippen LogP contribution in [0.25, 0.3) is 0 Å². The Morgan fingerprint density at radius 1 is 1.04 bits per heavy atom. The van der Waals surface area contributed by atoms with Gasteiger partial charge in [-0.2, -0.15) is 0 Å². The van der Waals surface area contributed by atoms with Crippen molar-refractivity contribution < 1.29 is 18.5 Å². The zero-order valence-corrected chi connectivity index (χ0v) is 14.3. The monoisotopic (exact) mass is 373 g/mol. The summed E-state index contributed by atoms with van der Waals surface area (Å²) in [6, 6.07) is 11.6. The topological polar surface area (TPSA) is 84.2 Å². The minimum atomic E-state index is -0.577. The molecule has 0 saturated heterocycles. The van der Waals surface area contributed by atoms with E-state index < -0.39 is 17.6 Å². The number of carbonyl (C=O) groups excluding carboxylic acids is 2. The number of aromatic nitrogens is 1. The molecule has 2 N–H and O–H groups in total. The summed E-state index contributed by atoms with van der Waals surface area (Å²) in [7, 11) is 0. The Labute approximate surface area is 152 Å². The van der Waals surface area contributed by atoms with E-state index in [0.717, 1.165) is 6.07 Å². The lowest BCUT2D eigenvalue weighted by atomic mass is 10.1. The normalized spacial score (nSPS) is 10.4. The summed E-state index contributed by atoms with van der Waals surface area (Å²) in [4.78, 5) is 24.6. The molecular formula is C18H13ClFN3O3. The van der Waals surface area contributed by atoms with E-state index in [9.17, 15) is 14.0 Å². The Balaban J connectivity index is 1.74. The van der Waals surface area contributed by atoms with Gasteiger partial charge in [-0.25, -0.2) is 4.39 Å². The van der Waals surface area contributed by atoms with E-state index in [1.807, 2.05) is 0 Å². The van der Waals surface area contributed by atoms with Crippen molar-refractivity contribution >= 4 is 34.9 Å². The first-order valence-electron chi connectivity index (χ1n) is 7.53. The van der Waals surface area contributed by atoms with Crippen molar-refractivity contribution in [2.45, 2.75) is 6.92 Å². The van der Waals surface area contributed by atoms with Crippen molar-refractivity contribution in [2.75, 3.05) is 10.6 Å². The number of carbonyl (C=O) groups is 2. The lowest BCUT2D eigenvalue weighted by Crippen LogP contribution is -2.15. The zero-order chi connectivity index (χ0) is 18.7. The molecule has 0 radical (unpaired) electrons. The maximum absolute atomic E-state index is 13.2. The standard InChI is InChI=1S/C18H13ClFN3O3/c1-10-7-16(23-26-10)22-18(25)12-4-2-3-11(8-12)17(24)21-13-5-6-15(20)14(19)9-13/h2-9H,1H3,(H,21,24)(H,22,23,25). The van der Waals surface area contributed by atoms with E-state index in [1.165, 1.54) is 18.2 Å². The number of anilines is 2. The fourth-order valence-corrected chi connectivity index (χ4v) is 2.37. The third-order valence-corrected chi connectivity index (χ3v) is 3.72. The van der Waals surface area contributed by atoms with E-state index >= 15 is 0 Å². The maximum Gasteiger partial charge on any atom is 0.256 e. The van der Waals surface area contributed by atoms with Crippen LogP contribution in [0.2, 0.25) is 5.02 Å². The lowest BCUT2D eigenvalue weighted by molar-refractivity contribution is 0.102. The van der Waals surface area contributed by atoms with Gasteiger partial charge in [-0.1, -0.05) is 22.8 Å². The fraction of sp³-hybridized carbons (Fsp3) is 0.0556. The summed E-state index contributed by atoms with van der Waals surface area (Å²) in [5.41, 5.74) is 0.874. The summed E-state index contributed by atoms with van der Waals surface area (Å²) in [5.74, 6) is -0.626. The summed E-state index contributed by atoms with van der Waals surface area (Å²) >= 11 is 5.70. The van der Waals surface area contributed by atoms with Crippen LogP contribution in [0.1, 0.15) is 26.5 Å². The summed E-state index contributed by atoms with van der Waals surface area (Å²) in [5, 5.41) is 8.75. The molecule has 3 rings (SSSR count). The number of nitrogens with zero attached hydrogens (tertiary/aromatic N) is 1. The Hall–Kier alpha value is -3.19. The number of benzene rings is 2. The van der Waals surface area contributed by atoms with Crippen molar-refractivity contribution in [3.05, 3.63) is 76.3 Å². The first kappa shape index (κ1) is 17.6. The lowest BCUT2D eigenvalue weighted by Gasteiger charge is -2.07. The van der Waals surface area contributed by atoms with Crippen molar-refractivity contribution in [3.8, 4) is 0 Å². The molecule has 0 fully saturated rings. The number of nitrogens with one attached hydrogen (secondary N) is 2. The van der Waals surface area contributed by atoms with Crippen LogP contribution in [0.4, 0.5) is 15.9 Å². The van der Waals surface area contributed by atoms with Gasteiger partial charge in [0.25, 0.3) is 11.8 Å². The molecule has 1 heterocycles. The van der Waals surface area contributed by atoms with Crippen LogP contribution in [0.15, 0.2) is 53.1 Å². The van der Waals surface area contributed by atoms with Crippen LogP contribution >= 0.6 is 11.6 Å². The van der Waals surface area contributed by atoms with Gasteiger partial charge in [-0.3, -0.25) is 9.59 Å². The number of rotatable bonds is 4. The molecular weight excluding hydrogens is 361 g/mol. The van der Waals surface area contributed by atoms with Crippen LogP contribution in [-0.4, -0.2) is 17.0 Å². The zero-order valence-electron chi connectivity index (χ0n) is 13.5. The van der Waals surface area contributed by atoms with Crippen LogP contribution in [-0.2, 0) is 0 Å². The highest BCUT2D eigenvalue weighted by atomic mass is 35.5. The highest BCUT2D eigenvalue weighted by Crippen LogP contribution is 2.20. The Morgan fingerprint density at radius 2 is 1.73 bits per heavy atom. The minimum absolute atomic E-state index is 0.0983. The smallest absolute Gasteiger partial charge is 0.256 e. The number of hydrogen-bond acceptors (Lipinski definition) is 4. The SMILES string of the molecule is Cc1cc(NC(=O)c2cccc(C(=O)Nc3ccc(F)c(Cl)c3)c2)no1. The van der Waals surface area contributed by atoms with Gasteiger partial charge in [0.05, 0.1) is 5.02 Å². The predicted molar refractivity (Wildman–Crippen MR) is 95.0 cm³/mol. The molecule has 0 unspecified atom stereocenters. The molecule has 0 aliphatic heterocycles. The molecule has 0 bridgehead atoms. The van der Waals surface area contributed by atoms with Crippen molar-refractivity contribution in [3.63, 3.8) is 0 Å². The second-order valence-electron chi connectivity index (χ2n) is 5.44. The average molecular weight is 374 g/mol. The Bertz CT molecular complexity index is 987. The quantitative estimate of drug-likeness (QED) is 0.714. The molecule has 2 aromatic carbocycles. The molecule has 0 atom stereocenters. The predicted octanol–water partition coefficient (Wildman–Crippen LogP) is 4.28. The second-order valence-corrected chi connectivity index (χ2v) is 5.85.